The molecule has 96 valence electrons. The Morgan fingerprint density at radius 3 is 2.68 bits per heavy atom. The maximum Gasteiger partial charge on any atom is 0.127 e. The third-order valence-corrected chi connectivity index (χ3v) is 3.13. The smallest absolute Gasteiger partial charge is 0.127 e. The second-order valence-electron chi connectivity index (χ2n) is 4.58. The van der Waals surface area contributed by atoms with Crippen LogP contribution in [0, 0.1) is 6.92 Å². The number of nitrogens with zero attached hydrogens (tertiary/aromatic N) is 4. The third-order valence-electron chi connectivity index (χ3n) is 3.13. The first-order valence-corrected chi connectivity index (χ1v) is 6.14. The Morgan fingerprint density at radius 2 is 1.95 bits per heavy atom. The molecule has 0 atom stereocenters. The van der Waals surface area contributed by atoms with E-state index in [9.17, 15) is 0 Å². The van der Waals surface area contributed by atoms with Gasteiger partial charge in [-0.3, -0.25) is 0 Å². The minimum absolute atomic E-state index is 0.501. The Labute approximate surface area is 111 Å². The maximum atomic E-state index is 5.75. The predicted molar refractivity (Wildman–Crippen MR) is 74.7 cm³/mol. The van der Waals surface area contributed by atoms with Gasteiger partial charge in [0.25, 0.3) is 0 Å². The minimum Gasteiger partial charge on any atom is -0.384 e. The number of rotatable bonds is 2. The lowest BCUT2D eigenvalue weighted by Gasteiger charge is -2.04. The van der Waals surface area contributed by atoms with Gasteiger partial charge in [-0.1, -0.05) is 12.1 Å². The number of hydrogen-bond acceptors (Lipinski definition) is 4. The summed E-state index contributed by atoms with van der Waals surface area (Å²) in [6.07, 6.45) is 0.652. The minimum atomic E-state index is 0.501. The lowest BCUT2D eigenvalue weighted by atomic mass is 10.2. The zero-order valence-corrected chi connectivity index (χ0v) is 11.0. The quantitative estimate of drug-likeness (QED) is 0.756. The van der Waals surface area contributed by atoms with E-state index < -0.39 is 0 Å². The molecular formula is C14H15N5. The molecule has 0 aliphatic heterocycles. The van der Waals surface area contributed by atoms with Gasteiger partial charge < -0.3 is 10.3 Å². The lowest BCUT2D eigenvalue weighted by Crippen LogP contribution is -2.04. The topological polar surface area (TPSA) is 69.6 Å². The van der Waals surface area contributed by atoms with Crippen LogP contribution in [0.2, 0.25) is 0 Å². The molecule has 0 unspecified atom stereocenters. The Morgan fingerprint density at radius 1 is 1.16 bits per heavy atom. The van der Waals surface area contributed by atoms with Crippen LogP contribution >= 0.6 is 0 Å². The zero-order valence-electron chi connectivity index (χ0n) is 11.0. The Kier molecular flexibility index (Phi) is 2.67. The second kappa shape index (κ2) is 4.35. The van der Waals surface area contributed by atoms with Crippen molar-refractivity contribution in [2.75, 3.05) is 5.73 Å². The van der Waals surface area contributed by atoms with E-state index in [-0.39, 0.29) is 0 Å². The van der Waals surface area contributed by atoms with Gasteiger partial charge in [-0.05, 0) is 19.1 Å². The Balaban J connectivity index is 2.03. The number of benzene rings is 1. The molecule has 0 aliphatic carbocycles. The fraction of sp³-hybridized carbons (Fsp3) is 0.214. The second-order valence-corrected chi connectivity index (χ2v) is 4.58. The highest BCUT2D eigenvalue weighted by Crippen LogP contribution is 2.16. The van der Waals surface area contributed by atoms with Crippen LogP contribution in [0.1, 0.15) is 17.3 Å². The van der Waals surface area contributed by atoms with E-state index in [1.54, 1.807) is 6.07 Å². The van der Waals surface area contributed by atoms with Crippen molar-refractivity contribution in [1.29, 1.82) is 0 Å². The number of fused-ring (bicyclic) bond motifs is 1. The number of aromatic nitrogens is 4. The summed E-state index contributed by atoms with van der Waals surface area (Å²) in [6, 6.07) is 9.88. The highest BCUT2D eigenvalue weighted by atomic mass is 15.1. The van der Waals surface area contributed by atoms with Gasteiger partial charge in [0.1, 0.15) is 17.5 Å². The van der Waals surface area contributed by atoms with Crippen molar-refractivity contribution in [1.82, 2.24) is 19.5 Å². The molecule has 5 nitrogen and oxygen atoms in total. The summed E-state index contributed by atoms with van der Waals surface area (Å²) in [5.41, 5.74) is 8.76. The predicted octanol–water partition coefficient (Wildman–Crippen LogP) is 1.84. The number of nitrogens with two attached hydrogens (primary N) is 1. The summed E-state index contributed by atoms with van der Waals surface area (Å²) in [6.45, 7) is 1.84. The SMILES string of the molecule is Cc1nc(N)cc(Cc2nc3ccccc3n2C)n1. The molecule has 0 saturated carbocycles. The van der Waals surface area contributed by atoms with Crippen molar-refractivity contribution in [3.63, 3.8) is 0 Å². The number of nitrogen functional groups attached to an aromatic ring is 1. The first-order valence-electron chi connectivity index (χ1n) is 6.14. The molecule has 0 aliphatic rings. The van der Waals surface area contributed by atoms with E-state index in [1.165, 1.54) is 0 Å². The number of imidazole rings is 1. The molecule has 19 heavy (non-hydrogen) atoms. The van der Waals surface area contributed by atoms with Crippen molar-refractivity contribution in [2.45, 2.75) is 13.3 Å². The summed E-state index contributed by atoms with van der Waals surface area (Å²) in [5, 5.41) is 0. The summed E-state index contributed by atoms with van der Waals surface area (Å²) in [5.74, 6) is 2.16. The lowest BCUT2D eigenvalue weighted by molar-refractivity contribution is 0.825. The maximum absolute atomic E-state index is 5.75. The molecule has 2 N–H and O–H groups in total. The van der Waals surface area contributed by atoms with E-state index in [4.69, 9.17) is 5.73 Å². The van der Waals surface area contributed by atoms with Crippen LogP contribution < -0.4 is 5.73 Å². The highest BCUT2D eigenvalue weighted by Gasteiger charge is 2.09. The number of hydrogen-bond donors (Lipinski definition) is 1. The fourth-order valence-corrected chi connectivity index (χ4v) is 2.26. The van der Waals surface area contributed by atoms with Gasteiger partial charge in [0.2, 0.25) is 0 Å². The Hall–Kier alpha value is -2.43. The molecule has 0 saturated heterocycles. The molecule has 3 aromatic rings. The molecule has 1 aromatic carbocycles. The van der Waals surface area contributed by atoms with E-state index in [2.05, 4.69) is 25.6 Å². The summed E-state index contributed by atoms with van der Waals surface area (Å²) in [4.78, 5) is 13.1. The van der Waals surface area contributed by atoms with Crippen LogP contribution in [0.15, 0.2) is 30.3 Å². The van der Waals surface area contributed by atoms with E-state index >= 15 is 0 Å². The average Bonchev–Trinajstić information content (AvgIpc) is 2.66. The molecule has 0 bridgehead atoms. The zero-order chi connectivity index (χ0) is 13.4. The summed E-state index contributed by atoms with van der Waals surface area (Å²) in [7, 11) is 2.02. The van der Waals surface area contributed by atoms with Gasteiger partial charge in [0.05, 0.1) is 16.7 Å². The third kappa shape index (κ3) is 2.14. The van der Waals surface area contributed by atoms with Gasteiger partial charge in [0, 0.05) is 19.5 Å². The van der Waals surface area contributed by atoms with E-state index in [1.807, 2.05) is 32.2 Å². The molecule has 5 heteroatoms. The van der Waals surface area contributed by atoms with Crippen molar-refractivity contribution in [2.24, 2.45) is 7.05 Å². The number of para-hydroxylation sites is 2. The van der Waals surface area contributed by atoms with Gasteiger partial charge in [-0.2, -0.15) is 0 Å². The molecule has 0 spiro atoms. The van der Waals surface area contributed by atoms with Crippen LogP contribution in [0.25, 0.3) is 11.0 Å². The average molecular weight is 253 g/mol. The van der Waals surface area contributed by atoms with Crippen LogP contribution in [0.5, 0.6) is 0 Å². The van der Waals surface area contributed by atoms with E-state index in [0.717, 1.165) is 22.6 Å². The summed E-state index contributed by atoms with van der Waals surface area (Å²) < 4.78 is 2.09. The van der Waals surface area contributed by atoms with Crippen molar-refractivity contribution < 1.29 is 0 Å². The molecule has 0 fully saturated rings. The van der Waals surface area contributed by atoms with Crippen LogP contribution in [-0.4, -0.2) is 19.5 Å². The summed E-state index contributed by atoms with van der Waals surface area (Å²) >= 11 is 0. The highest BCUT2D eigenvalue weighted by molar-refractivity contribution is 5.75. The van der Waals surface area contributed by atoms with Crippen LogP contribution in [0.4, 0.5) is 5.82 Å². The van der Waals surface area contributed by atoms with Gasteiger partial charge in [-0.25, -0.2) is 15.0 Å². The molecule has 2 heterocycles. The van der Waals surface area contributed by atoms with Gasteiger partial charge in [0.15, 0.2) is 0 Å². The van der Waals surface area contributed by atoms with Crippen molar-refractivity contribution >= 4 is 16.9 Å². The van der Waals surface area contributed by atoms with E-state index in [0.29, 0.717) is 18.1 Å². The van der Waals surface area contributed by atoms with Gasteiger partial charge in [-0.15, -0.1) is 0 Å². The Bertz CT molecular complexity index is 724. The number of aryl methyl sites for hydroxylation is 2. The normalized spacial score (nSPS) is 11.1. The molecule has 0 radical (unpaired) electrons. The largest absolute Gasteiger partial charge is 0.384 e. The molecular weight excluding hydrogens is 238 g/mol. The fourth-order valence-electron chi connectivity index (χ4n) is 2.26. The van der Waals surface area contributed by atoms with Crippen molar-refractivity contribution in [3.8, 4) is 0 Å². The van der Waals surface area contributed by atoms with Crippen LogP contribution in [-0.2, 0) is 13.5 Å². The standard InChI is InChI=1S/C14H15N5/c1-9-16-10(7-13(15)17-9)8-14-18-11-5-3-4-6-12(11)19(14)2/h3-7H,8H2,1-2H3,(H2,15,16,17). The van der Waals surface area contributed by atoms with Gasteiger partial charge >= 0.3 is 0 Å². The monoisotopic (exact) mass is 253 g/mol. The number of anilines is 1. The van der Waals surface area contributed by atoms with Crippen LogP contribution in [0.3, 0.4) is 0 Å². The molecule has 2 aromatic heterocycles. The first kappa shape index (κ1) is 11.6. The molecule has 0 amide bonds. The van der Waals surface area contributed by atoms with Crippen molar-refractivity contribution in [3.05, 3.63) is 47.7 Å². The first-order chi connectivity index (χ1) is 9.13. The molecule has 3 rings (SSSR count).